The molecule has 3 rings (SSSR count). The van der Waals surface area contributed by atoms with Crippen LogP contribution in [0.1, 0.15) is 35.1 Å². The Morgan fingerprint density at radius 1 is 1.07 bits per heavy atom. The normalized spacial score (nSPS) is 20.4. The third-order valence-electron chi connectivity index (χ3n) is 4.33. The Balaban J connectivity index is 2.01. The summed E-state index contributed by atoms with van der Waals surface area (Å²) in [5, 5.41) is 10.7. The standard InChI is InChI=1S/C21H20Cl2N2O2/c1-13-10-15(7-9-17(13)22)19-4-3-5-20(25-21(24-19)27-2)16-11-14(12-26)6-8-18(16)23/h5-11,26H,3-4,12H2,1-2H3/b20-5+,24-19+,25-21+. The van der Waals surface area contributed by atoms with Crippen LogP contribution in [0.15, 0.2) is 52.5 Å². The Morgan fingerprint density at radius 3 is 2.56 bits per heavy atom. The van der Waals surface area contributed by atoms with Crippen molar-refractivity contribution >= 4 is 40.6 Å². The second kappa shape index (κ2) is 8.70. The van der Waals surface area contributed by atoms with E-state index in [1.54, 1.807) is 12.1 Å². The maximum Gasteiger partial charge on any atom is 0.316 e. The van der Waals surface area contributed by atoms with Gasteiger partial charge in [0.05, 0.1) is 25.1 Å². The molecule has 2 aromatic rings. The summed E-state index contributed by atoms with van der Waals surface area (Å²) >= 11 is 12.5. The van der Waals surface area contributed by atoms with Crippen molar-refractivity contribution in [1.82, 2.24) is 0 Å². The molecule has 1 N–H and O–H groups in total. The van der Waals surface area contributed by atoms with Crippen LogP contribution in [0.3, 0.4) is 0 Å². The van der Waals surface area contributed by atoms with Crippen molar-refractivity contribution in [2.45, 2.75) is 26.4 Å². The number of methoxy groups -OCH3 is 1. The molecule has 0 unspecified atom stereocenters. The number of aliphatic hydroxyl groups excluding tert-OH is 1. The quantitative estimate of drug-likeness (QED) is 0.744. The van der Waals surface area contributed by atoms with Crippen molar-refractivity contribution in [2.75, 3.05) is 7.11 Å². The van der Waals surface area contributed by atoms with Gasteiger partial charge in [0.25, 0.3) is 0 Å². The number of aryl methyl sites for hydroxylation is 1. The smallest absolute Gasteiger partial charge is 0.316 e. The minimum absolute atomic E-state index is 0.0590. The molecule has 0 saturated carbocycles. The van der Waals surface area contributed by atoms with Crippen LogP contribution in [0.5, 0.6) is 0 Å². The van der Waals surface area contributed by atoms with Gasteiger partial charge >= 0.3 is 6.02 Å². The number of ether oxygens (including phenoxy) is 1. The Morgan fingerprint density at radius 2 is 1.85 bits per heavy atom. The summed E-state index contributed by atoms with van der Waals surface area (Å²) in [6.45, 7) is 1.91. The van der Waals surface area contributed by atoms with Crippen molar-refractivity contribution in [3.8, 4) is 0 Å². The minimum Gasteiger partial charge on any atom is -0.467 e. The van der Waals surface area contributed by atoms with Crippen LogP contribution in [0, 0.1) is 6.92 Å². The number of hydrogen-bond donors (Lipinski definition) is 1. The van der Waals surface area contributed by atoms with E-state index in [-0.39, 0.29) is 12.6 Å². The third kappa shape index (κ3) is 4.59. The van der Waals surface area contributed by atoms with E-state index < -0.39 is 0 Å². The minimum atomic E-state index is -0.0590. The molecule has 4 nitrogen and oxygen atoms in total. The van der Waals surface area contributed by atoms with Crippen LogP contribution < -0.4 is 0 Å². The zero-order chi connectivity index (χ0) is 19.4. The molecule has 0 spiro atoms. The summed E-state index contributed by atoms with van der Waals surface area (Å²) in [4.78, 5) is 9.16. The maximum absolute atomic E-state index is 9.40. The fourth-order valence-electron chi connectivity index (χ4n) is 2.85. The van der Waals surface area contributed by atoms with Crippen LogP contribution in [-0.4, -0.2) is 23.9 Å². The number of nitrogens with zero attached hydrogens (tertiary/aromatic N) is 2. The molecular formula is C21H20Cl2N2O2. The van der Waals surface area contributed by atoms with Gasteiger partial charge in [0.2, 0.25) is 0 Å². The van der Waals surface area contributed by atoms with Gasteiger partial charge in [-0.2, -0.15) is 9.98 Å². The van der Waals surface area contributed by atoms with Gasteiger partial charge in [-0.25, -0.2) is 0 Å². The lowest BCUT2D eigenvalue weighted by Gasteiger charge is -2.13. The average Bonchev–Trinajstić information content (AvgIpc) is 2.65. The molecule has 1 aliphatic heterocycles. The van der Waals surface area contributed by atoms with Crippen LogP contribution >= 0.6 is 23.2 Å². The van der Waals surface area contributed by atoms with E-state index in [9.17, 15) is 5.11 Å². The summed E-state index contributed by atoms with van der Waals surface area (Å²) in [6, 6.07) is 11.5. The number of allylic oxidation sites excluding steroid dienone is 1. The number of halogens is 2. The molecule has 0 radical (unpaired) electrons. The van der Waals surface area contributed by atoms with Gasteiger partial charge in [0.1, 0.15) is 0 Å². The molecule has 0 atom stereocenters. The molecule has 0 amide bonds. The number of aliphatic imine (C=N–C) groups is 2. The second-order valence-electron chi connectivity index (χ2n) is 6.22. The molecule has 27 heavy (non-hydrogen) atoms. The van der Waals surface area contributed by atoms with E-state index in [0.717, 1.165) is 45.8 Å². The Kier molecular flexibility index (Phi) is 6.32. The van der Waals surface area contributed by atoms with Crippen molar-refractivity contribution in [2.24, 2.45) is 9.98 Å². The molecule has 6 heteroatoms. The number of amidine groups is 1. The fourth-order valence-corrected chi connectivity index (χ4v) is 3.18. The monoisotopic (exact) mass is 402 g/mol. The van der Waals surface area contributed by atoms with Crippen LogP contribution in [0.25, 0.3) is 5.70 Å². The lowest BCUT2D eigenvalue weighted by molar-refractivity contribution is 0.282. The number of rotatable bonds is 3. The van der Waals surface area contributed by atoms with Crippen LogP contribution in [-0.2, 0) is 11.3 Å². The first kappa shape index (κ1) is 19.6. The van der Waals surface area contributed by atoms with Gasteiger partial charge in [0.15, 0.2) is 0 Å². The number of benzene rings is 2. The van der Waals surface area contributed by atoms with Crippen molar-refractivity contribution < 1.29 is 9.84 Å². The average molecular weight is 403 g/mol. The number of aliphatic hydroxyl groups is 1. The summed E-state index contributed by atoms with van der Waals surface area (Å²) in [5.74, 6) is 0. The molecule has 0 fully saturated rings. The maximum atomic E-state index is 9.40. The Labute approximate surface area is 168 Å². The third-order valence-corrected chi connectivity index (χ3v) is 5.08. The van der Waals surface area contributed by atoms with Gasteiger partial charge < -0.3 is 9.84 Å². The zero-order valence-electron chi connectivity index (χ0n) is 15.2. The van der Waals surface area contributed by atoms with Gasteiger partial charge in [0, 0.05) is 15.6 Å². The van der Waals surface area contributed by atoms with E-state index in [1.807, 2.05) is 37.3 Å². The summed E-state index contributed by atoms with van der Waals surface area (Å²) < 4.78 is 5.38. The van der Waals surface area contributed by atoms with Gasteiger partial charge in [-0.05, 0) is 60.7 Å². The summed E-state index contributed by atoms with van der Waals surface area (Å²) in [5.41, 5.74) is 5.09. The molecule has 0 aromatic heterocycles. The van der Waals surface area contributed by atoms with Crippen LogP contribution in [0.2, 0.25) is 10.0 Å². The molecular weight excluding hydrogens is 383 g/mol. The highest BCUT2D eigenvalue weighted by Gasteiger charge is 2.14. The first-order chi connectivity index (χ1) is 13.0. The molecule has 140 valence electrons. The molecule has 0 saturated heterocycles. The van der Waals surface area contributed by atoms with E-state index >= 15 is 0 Å². The van der Waals surface area contributed by atoms with E-state index in [0.29, 0.717) is 10.7 Å². The predicted octanol–water partition coefficient (Wildman–Crippen LogP) is 5.42. The lowest BCUT2D eigenvalue weighted by Crippen LogP contribution is -2.09. The molecule has 0 aliphatic carbocycles. The highest BCUT2D eigenvalue weighted by molar-refractivity contribution is 6.32. The van der Waals surface area contributed by atoms with Gasteiger partial charge in [-0.3, -0.25) is 0 Å². The largest absolute Gasteiger partial charge is 0.467 e. The summed E-state index contributed by atoms with van der Waals surface area (Å²) in [6.07, 6.45) is 3.49. The first-order valence-corrected chi connectivity index (χ1v) is 9.34. The highest BCUT2D eigenvalue weighted by Crippen LogP contribution is 2.29. The van der Waals surface area contributed by atoms with Crippen molar-refractivity contribution in [3.63, 3.8) is 0 Å². The second-order valence-corrected chi connectivity index (χ2v) is 7.04. The van der Waals surface area contributed by atoms with Crippen LogP contribution in [0.4, 0.5) is 0 Å². The topological polar surface area (TPSA) is 54.2 Å². The van der Waals surface area contributed by atoms with Gasteiger partial charge in [-0.15, -0.1) is 0 Å². The Hall–Kier alpha value is -2.14. The zero-order valence-corrected chi connectivity index (χ0v) is 16.7. The van der Waals surface area contributed by atoms with E-state index in [2.05, 4.69) is 9.98 Å². The first-order valence-electron chi connectivity index (χ1n) is 8.58. The molecule has 0 bridgehead atoms. The Bertz CT molecular complexity index is 949. The molecule has 2 aromatic carbocycles. The van der Waals surface area contributed by atoms with E-state index in [4.69, 9.17) is 27.9 Å². The lowest BCUT2D eigenvalue weighted by atomic mass is 10.0. The summed E-state index contributed by atoms with van der Waals surface area (Å²) in [7, 11) is 1.54. The molecule has 1 aliphatic rings. The van der Waals surface area contributed by atoms with Crippen molar-refractivity contribution in [3.05, 3.63) is 74.8 Å². The predicted molar refractivity (Wildman–Crippen MR) is 112 cm³/mol. The van der Waals surface area contributed by atoms with Crippen molar-refractivity contribution in [1.29, 1.82) is 0 Å². The van der Waals surface area contributed by atoms with Gasteiger partial charge in [-0.1, -0.05) is 41.4 Å². The number of hydrogen-bond acceptors (Lipinski definition) is 4. The SMILES string of the molecule is COC1=N/C(c2cc(CO)ccc2Cl)=C/CC/C(c2ccc(Cl)c(C)c2)=N\1. The highest BCUT2D eigenvalue weighted by atomic mass is 35.5. The fraction of sp³-hybridized carbons (Fsp3) is 0.238. The van der Waals surface area contributed by atoms with E-state index in [1.165, 1.54) is 7.11 Å². The molecule has 1 heterocycles.